The van der Waals surface area contributed by atoms with Crippen molar-refractivity contribution in [2.24, 2.45) is 0 Å². The normalized spacial score (nSPS) is 15.5. The van der Waals surface area contributed by atoms with Gasteiger partial charge >= 0.3 is 6.18 Å². The summed E-state index contributed by atoms with van der Waals surface area (Å²) in [5, 5.41) is 18.6. The highest BCUT2D eigenvalue weighted by Gasteiger charge is 2.46. The van der Waals surface area contributed by atoms with E-state index >= 15 is 0 Å². The number of rotatable bonds is 5. The molecule has 25 heavy (non-hydrogen) atoms. The molecule has 2 heterocycles. The number of nitrogens with one attached hydrogen (secondary N) is 2. The number of hydrogen-bond acceptors (Lipinski definition) is 6. The number of nitrogens with zero attached hydrogens (tertiary/aromatic N) is 5. The highest BCUT2D eigenvalue weighted by atomic mass is 19.4. The van der Waals surface area contributed by atoms with Gasteiger partial charge in [0.25, 0.3) is 0 Å². The third kappa shape index (κ3) is 3.09. The van der Waals surface area contributed by atoms with Crippen LogP contribution in [0.25, 0.3) is 0 Å². The van der Waals surface area contributed by atoms with Gasteiger partial charge in [-0.3, -0.25) is 4.68 Å². The minimum atomic E-state index is -4.53. The van der Waals surface area contributed by atoms with Crippen LogP contribution >= 0.6 is 0 Å². The maximum atomic E-state index is 12.9. The molecule has 132 valence electrons. The van der Waals surface area contributed by atoms with Gasteiger partial charge in [-0.1, -0.05) is 0 Å². The van der Waals surface area contributed by atoms with E-state index in [1.807, 2.05) is 6.92 Å². The standard InChI is InChI=1S/C15H16F3N7/c1-9-11(8-22-25(9)14(3-4-14)5-6-19)23-13-21-7-10(15(16,17)18)12(20-2)24-13/h7-8H,3-5H2,1-2H3,(H2,20,21,23,24). The first-order valence-electron chi connectivity index (χ1n) is 7.62. The van der Waals surface area contributed by atoms with Gasteiger partial charge in [0, 0.05) is 13.2 Å². The number of halogens is 3. The Labute approximate surface area is 141 Å². The summed E-state index contributed by atoms with van der Waals surface area (Å²) in [6.07, 6.45) is -0.110. The van der Waals surface area contributed by atoms with E-state index in [1.54, 1.807) is 10.9 Å². The molecule has 1 saturated carbocycles. The van der Waals surface area contributed by atoms with Crippen LogP contribution in [0.5, 0.6) is 0 Å². The van der Waals surface area contributed by atoms with Gasteiger partial charge in [-0.25, -0.2) is 4.98 Å². The van der Waals surface area contributed by atoms with Crippen molar-refractivity contribution >= 4 is 17.5 Å². The average molecular weight is 351 g/mol. The maximum Gasteiger partial charge on any atom is 0.421 e. The van der Waals surface area contributed by atoms with Crippen molar-refractivity contribution in [2.45, 2.75) is 37.9 Å². The molecule has 3 rings (SSSR count). The largest absolute Gasteiger partial charge is 0.421 e. The SMILES string of the molecule is CNc1nc(Nc2cnn(C3(CC#N)CC3)c2C)ncc1C(F)(F)F. The van der Waals surface area contributed by atoms with Gasteiger partial charge in [-0.05, 0) is 19.8 Å². The van der Waals surface area contributed by atoms with E-state index in [4.69, 9.17) is 5.26 Å². The average Bonchev–Trinajstić information content (AvgIpc) is 3.24. The van der Waals surface area contributed by atoms with Crippen molar-refractivity contribution in [2.75, 3.05) is 17.7 Å². The summed E-state index contributed by atoms with van der Waals surface area (Å²) in [7, 11) is 1.36. The lowest BCUT2D eigenvalue weighted by molar-refractivity contribution is -0.137. The highest BCUT2D eigenvalue weighted by Crippen LogP contribution is 2.47. The van der Waals surface area contributed by atoms with Gasteiger partial charge in [0.1, 0.15) is 11.4 Å². The second kappa shape index (κ2) is 5.91. The second-order valence-corrected chi connectivity index (χ2v) is 5.94. The zero-order valence-corrected chi connectivity index (χ0v) is 13.6. The molecule has 0 atom stereocenters. The molecule has 2 aromatic heterocycles. The molecule has 0 amide bonds. The molecule has 0 radical (unpaired) electrons. The first-order chi connectivity index (χ1) is 11.8. The maximum absolute atomic E-state index is 12.9. The van der Waals surface area contributed by atoms with Crippen LogP contribution in [0, 0.1) is 18.3 Å². The van der Waals surface area contributed by atoms with E-state index in [0.717, 1.165) is 24.7 Å². The molecular weight excluding hydrogens is 335 g/mol. The van der Waals surface area contributed by atoms with Crippen LogP contribution in [0.3, 0.4) is 0 Å². The van der Waals surface area contributed by atoms with Gasteiger partial charge in [0.15, 0.2) is 0 Å². The smallest absolute Gasteiger partial charge is 0.372 e. The summed E-state index contributed by atoms with van der Waals surface area (Å²) in [6.45, 7) is 1.83. The predicted octanol–water partition coefficient (Wildman–Crippen LogP) is 3.19. The van der Waals surface area contributed by atoms with Crippen molar-refractivity contribution in [3.63, 3.8) is 0 Å². The fourth-order valence-corrected chi connectivity index (χ4v) is 2.73. The predicted molar refractivity (Wildman–Crippen MR) is 84.3 cm³/mol. The topological polar surface area (TPSA) is 91.5 Å². The molecule has 1 fully saturated rings. The highest BCUT2D eigenvalue weighted by molar-refractivity contribution is 5.58. The molecule has 2 aromatic rings. The second-order valence-electron chi connectivity index (χ2n) is 5.94. The van der Waals surface area contributed by atoms with E-state index in [9.17, 15) is 13.2 Å². The minimum Gasteiger partial charge on any atom is -0.372 e. The van der Waals surface area contributed by atoms with E-state index in [0.29, 0.717) is 12.1 Å². The summed E-state index contributed by atoms with van der Waals surface area (Å²) < 4.78 is 40.5. The fourth-order valence-electron chi connectivity index (χ4n) is 2.73. The van der Waals surface area contributed by atoms with Crippen molar-refractivity contribution < 1.29 is 13.2 Å². The number of anilines is 3. The summed E-state index contributed by atoms with van der Waals surface area (Å²) in [5.74, 6) is -0.275. The van der Waals surface area contributed by atoms with Crippen LogP contribution in [0.15, 0.2) is 12.4 Å². The van der Waals surface area contributed by atoms with Crippen LogP contribution < -0.4 is 10.6 Å². The summed E-state index contributed by atoms with van der Waals surface area (Å²) in [5.41, 5.74) is 0.169. The fraction of sp³-hybridized carbons (Fsp3) is 0.467. The minimum absolute atomic E-state index is 0.0325. The lowest BCUT2D eigenvalue weighted by Crippen LogP contribution is -2.19. The third-order valence-electron chi connectivity index (χ3n) is 4.27. The Morgan fingerprint density at radius 1 is 1.36 bits per heavy atom. The van der Waals surface area contributed by atoms with Crippen LogP contribution in [0.4, 0.5) is 30.6 Å². The summed E-state index contributed by atoms with van der Waals surface area (Å²) >= 11 is 0. The molecule has 1 aliphatic carbocycles. The Kier molecular flexibility index (Phi) is 4.02. The first-order valence-corrected chi connectivity index (χ1v) is 7.62. The molecule has 0 aromatic carbocycles. The van der Waals surface area contributed by atoms with Crippen LogP contribution in [-0.2, 0) is 11.7 Å². The van der Waals surface area contributed by atoms with E-state index < -0.39 is 11.7 Å². The van der Waals surface area contributed by atoms with Gasteiger partial charge in [0.2, 0.25) is 5.95 Å². The lowest BCUT2D eigenvalue weighted by atomic mass is 10.2. The zero-order valence-electron chi connectivity index (χ0n) is 13.6. The molecule has 7 nitrogen and oxygen atoms in total. The molecular formula is C15H16F3N7. The quantitative estimate of drug-likeness (QED) is 0.860. The Morgan fingerprint density at radius 2 is 2.08 bits per heavy atom. The Bertz CT molecular complexity index is 831. The van der Waals surface area contributed by atoms with Crippen molar-refractivity contribution in [1.82, 2.24) is 19.7 Å². The summed E-state index contributed by atoms with van der Waals surface area (Å²) in [6, 6.07) is 2.17. The van der Waals surface area contributed by atoms with Crippen LogP contribution in [0.2, 0.25) is 0 Å². The molecule has 0 spiro atoms. The molecule has 0 saturated heterocycles. The van der Waals surface area contributed by atoms with Crippen molar-refractivity contribution in [3.05, 3.63) is 23.7 Å². The van der Waals surface area contributed by atoms with Crippen LogP contribution in [0.1, 0.15) is 30.5 Å². The van der Waals surface area contributed by atoms with Crippen molar-refractivity contribution in [1.29, 1.82) is 5.26 Å². The monoisotopic (exact) mass is 351 g/mol. The van der Waals surface area contributed by atoms with Gasteiger partial charge < -0.3 is 10.6 Å². The van der Waals surface area contributed by atoms with E-state index in [-0.39, 0.29) is 17.3 Å². The Morgan fingerprint density at radius 3 is 2.64 bits per heavy atom. The first kappa shape index (κ1) is 17.0. The van der Waals surface area contributed by atoms with Gasteiger partial charge in [0.05, 0.1) is 35.6 Å². The number of hydrogen-bond donors (Lipinski definition) is 2. The summed E-state index contributed by atoms with van der Waals surface area (Å²) in [4.78, 5) is 7.62. The third-order valence-corrected chi connectivity index (χ3v) is 4.27. The van der Waals surface area contributed by atoms with Crippen molar-refractivity contribution in [3.8, 4) is 6.07 Å². The number of alkyl halides is 3. The molecule has 0 bridgehead atoms. The Hall–Kier alpha value is -2.83. The van der Waals surface area contributed by atoms with E-state index in [2.05, 4.69) is 31.8 Å². The lowest BCUT2D eigenvalue weighted by Gasteiger charge is -2.15. The molecule has 10 heteroatoms. The molecule has 0 unspecified atom stereocenters. The number of nitriles is 1. The number of aromatic nitrogens is 4. The molecule has 2 N–H and O–H groups in total. The van der Waals surface area contributed by atoms with E-state index in [1.165, 1.54) is 7.05 Å². The molecule has 1 aliphatic rings. The van der Waals surface area contributed by atoms with Crippen LogP contribution in [-0.4, -0.2) is 26.8 Å². The van der Waals surface area contributed by atoms with Gasteiger partial charge in [-0.2, -0.15) is 28.5 Å². The van der Waals surface area contributed by atoms with Gasteiger partial charge in [-0.15, -0.1) is 0 Å². The zero-order chi connectivity index (χ0) is 18.2. The molecule has 0 aliphatic heterocycles. The Balaban J connectivity index is 1.87.